The Kier molecular flexibility index (Phi) is 3.60. The van der Waals surface area contributed by atoms with Crippen LogP contribution in [0, 0.1) is 23.1 Å². The van der Waals surface area contributed by atoms with E-state index < -0.39 is 5.82 Å². The molecule has 0 aromatic heterocycles. The van der Waals surface area contributed by atoms with Crippen LogP contribution in [0.25, 0.3) is 0 Å². The predicted molar refractivity (Wildman–Crippen MR) is 63.0 cm³/mol. The van der Waals surface area contributed by atoms with Crippen molar-refractivity contribution >= 4 is 5.69 Å². The molecular formula is C13H15FN2O. The Labute approximate surface area is 99.9 Å². The Morgan fingerprint density at radius 1 is 1.47 bits per heavy atom. The van der Waals surface area contributed by atoms with E-state index in [4.69, 9.17) is 5.26 Å². The molecule has 1 saturated carbocycles. The van der Waals surface area contributed by atoms with Gasteiger partial charge >= 0.3 is 0 Å². The minimum atomic E-state index is -0.400. The first-order valence-electron chi connectivity index (χ1n) is 5.80. The molecule has 1 aliphatic rings. The highest BCUT2D eigenvalue weighted by molar-refractivity contribution is 5.57. The molecule has 17 heavy (non-hydrogen) atoms. The zero-order valence-electron chi connectivity index (χ0n) is 9.49. The first-order valence-corrected chi connectivity index (χ1v) is 5.80. The minimum Gasteiger partial charge on any atom is -0.393 e. The lowest BCUT2D eigenvalue weighted by molar-refractivity contribution is 0.178. The molecule has 1 aromatic rings. The number of nitriles is 1. The highest BCUT2D eigenvalue weighted by Gasteiger charge is 2.22. The van der Waals surface area contributed by atoms with Crippen LogP contribution in [-0.2, 0) is 0 Å². The molecule has 2 unspecified atom stereocenters. The van der Waals surface area contributed by atoms with E-state index in [-0.39, 0.29) is 6.10 Å². The smallest absolute Gasteiger partial charge is 0.124 e. The maximum Gasteiger partial charge on any atom is 0.124 e. The topological polar surface area (TPSA) is 56.0 Å². The van der Waals surface area contributed by atoms with E-state index in [1.165, 1.54) is 12.1 Å². The molecule has 0 spiro atoms. The van der Waals surface area contributed by atoms with Crippen LogP contribution in [0.3, 0.4) is 0 Å². The van der Waals surface area contributed by atoms with Crippen LogP contribution in [0.5, 0.6) is 0 Å². The Balaban J connectivity index is 1.97. The average Bonchev–Trinajstić information content (AvgIpc) is 2.73. The van der Waals surface area contributed by atoms with Gasteiger partial charge in [-0.05, 0) is 43.4 Å². The number of anilines is 1. The Morgan fingerprint density at radius 3 is 2.94 bits per heavy atom. The van der Waals surface area contributed by atoms with Crippen molar-refractivity contribution in [3.05, 3.63) is 29.6 Å². The molecule has 2 N–H and O–H groups in total. The van der Waals surface area contributed by atoms with Gasteiger partial charge in [0.25, 0.3) is 0 Å². The van der Waals surface area contributed by atoms with Crippen molar-refractivity contribution < 1.29 is 9.50 Å². The largest absolute Gasteiger partial charge is 0.393 e. The standard InChI is InChI=1S/C13H15FN2O/c14-11-2-4-13(10(6-11)7-15)16-8-9-1-3-12(17)5-9/h2,4,6,9,12,16-17H,1,3,5,8H2. The van der Waals surface area contributed by atoms with Crippen LogP contribution < -0.4 is 5.32 Å². The summed E-state index contributed by atoms with van der Waals surface area (Å²) in [4.78, 5) is 0. The molecule has 0 heterocycles. The fourth-order valence-electron chi connectivity index (χ4n) is 2.25. The summed E-state index contributed by atoms with van der Waals surface area (Å²) in [5.74, 6) is 0.0324. The normalized spacial score (nSPS) is 23.4. The highest BCUT2D eigenvalue weighted by atomic mass is 19.1. The summed E-state index contributed by atoms with van der Waals surface area (Å²) >= 11 is 0. The van der Waals surface area contributed by atoms with Gasteiger partial charge in [0.15, 0.2) is 0 Å². The van der Waals surface area contributed by atoms with Crippen LogP contribution in [0.4, 0.5) is 10.1 Å². The van der Waals surface area contributed by atoms with Crippen molar-refractivity contribution in [3.63, 3.8) is 0 Å². The van der Waals surface area contributed by atoms with Crippen molar-refractivity contribution in [3.8, 4) is 6.07 Å². The summed E-state index contributed by atoms with van der Waals surface area (Å²) in [7, 11) is 0. The van der Waals surface area contributed by atoms with Gasteiger partial charge in [0, 0.05) is 6.54 Å². The van der Waals surface area contributed by atoms with Crippen LogP contribution >= 0.6 is 0 Å². The predicted octanol–water partition coefficient (Wildman–Crippen LogP) is 2.27. The zero-order chi connectivity index (χ0) is 12.3. The Hall–Kier alpha value is -1.60. The van der Waals surface area contributed by atoms with Gasteiger partial charge in [0.1, 0.15) is 11.9 Å². The molecule has 1 aromatic carbocycles. The molecule has 2 atom stereocenters. The molecule has 2 rings (SSSR count). The number of aliphatic hydroxyl groups excluding tert-OH is 1. The van der Waals surface area contributed by atoms with Crippen LogP contribution in [0.15, 0.2) is 18.2 Å². The molecule has 0 amide bonds. The number of benzene rings is 1. The SMILES string of the molecule is N#Cc1cc(F)ccc1NCC1CCC(O)C1. The van der Waals surface area contributed by atoms with Gasteiger partial charge in [-0.3, -0.25) is 0 Å². The van der Waals surface area contributed by atoms with Gasteiger partial charge in [0.2, 0.25) is 0 Å². The number of aliphatic hydroxyl groups is 1. The van der Waals surface area contributed by atoms with E-state index in [2.05, 4.69) is 5.32 Å². The van der Waals surface area contributed by atoms with Crippen LogP contribution in [-0.4, -0.2) is 17.8 Å². The van der Waals surface area contributed by atoms with Crippen molar-refractivity contribution in [1.82, 2.24) is 0 Å². The molecule has 4 heteroatoms. The fraction of sp³-hybridized carbons (Fsp3) is 0.462. The first kappa shape index (κ1) is 11.9. The molecule has 0 radical (unpaired) electrons. The molecule has 90 valence electrons. The molecule has 3 nitrogen and oxygen atoms in total. The number of nitrogens with zero attached hydrogens (tertiary/aromatic N) is 1. The molecule has 0 saturated heterocycles. The van der Waals surface area contributed by atoms with E-state index in [1.54, 1.807) is 6.07 Å². The number of rotatable bonds is 3. The molecule has 1 aliphatic carbocycles. The van der Waals surface area contributed by atoms with Crippen molar-refractivity contribution in [2.45, 2.75) is 25.4 Å². The van der Waals surface area contributed by atoms with Gasteiger partial charge in [-0.2, -0.15) is 5.26 Å². The summed E-state index contributed by atoms with van der Waals surface area (Å²) in [6.45, 7) is 0.720. The lowest BCUT2D eigenvalue weighted by Gasteiger charge is -2.13. The first-order chi connectivity index (χ1) is 8.19. The summed E-state index contributed by atoms with van der Waals surface area (Å²) in [5.41, 5.74) is 0.985. The van der Waals surface area contributed by atoms with Gasteiger partial charge in [-0.1, -0.05) is 0 Å². The third kappa shape index (κ3) is 2.95. The molecular weight excluding hydrogens is 219 g/mol. The molecule has 0 bridgehead atoms. The second-order valence-electron chi connectivity index (χ2n) is 4.52. The second kappa shape index (κ2) is 5.15. The number of hydrogen-bond donors (Lipinski definition) is 2. The van der Waals surface area contributed by atoms with E-state index in [9.17, 15) is 9.50 Å². The quantitative estimate of drug-likeness (QED) is 0.843. The second-order valence-corrected chi connectivity index (χ2v) is 4.52. The van der Waals surface area contributed by atoms with Gasteiger partial charge in [-0.25, -0.2) is 4.39 Å². The highest BCUT2D eigenvalue weighted by Crippen LogP contribution is 2.26. The van der Waals surface area contributed by atoms with E-state index in [1.807, 2.05) is 6.07 Å². The Bertz CT molecular complexity index is 442. The van der Waals surface area contributed by atoms with E-state index in [0.29, 0.717) is 17.2 Å². The third-order valence-electron chi connectivity index (χ3n) is 3.20. The minimum absolute atomic E-state index is 0.189. The summed E-state index contributed by atoms with van der Waals surface area (Å²) in [6, 6.07) is 6.12. The lowest BCUT2D eigenvalue weighted by atomic mass is 10.1. The average molecular weight is 234 g/mol. The monoisotopic (exact) mass is 234 g/mol. The van der Waals surface area contributed by atoms with Gasteiger partial charge in [0.05, 0.1) is 17.4 Å². The Morgan fingerprint density at radius 2 is 2.29 bits per heavy atom. The summed E-state index contributed by atoms with van der Waals surface area (Å²) in [5, 5.41) is 21.4. The third-order valence-corrected chi connectivity index (χ3v) is 3.20. The summed E-state index contributed by atoms with van der Waals surface area (Å²) < 4.78 is 12.9. The molecule has 0 aliphatic heterocycles. The van der Waals surface area contributed by atoms with Crippen LogP contribution in [0.2, 0.25) is 0 Å². The van der Waals surface area contributed by atoms with Gasteiger partial charge < -0.3 is 10.4 Å². The van der Waals surface area contributed by atoms with Crippen molar-refractivity contribution in [2.24, 2.45) is 5.92 Å². The molecule has 1 fully saturated rings. The van der Waals surface area contributed by atoms with Gasteiger partial charge in [-0.15, -0.1) is 0 Å². The van der Waals surface area contributed by atoms with Crippen LogP contribution in [0.1, 0.15) is 24.8 Å². The maximum absolute atomic E-state index is 12.9. The maximum atomic E-state index is 12.9. The summed E-state index contributed by atoms with van der Waals surface area (Å²) in [6.07, 6.45) is 2.46. The number of nitrogens with one attached hydrogen (secondary N) is 1. The van der Waals surface area contributed by atoms with Crippen molar-refractivity contribution in [2.75, 3.05) is 11.9 Å². The number of hydrogen-bond acceptors (Lipinski definition) is 3. The zero-order valence-corrected chi connectivity index (χ0v) is 9.49. The van der Waals surface area contributed by atoms with Crippen molar-refractivity contribution in [1.29, 1.82) is 5.26 Å². The van der Waals surface area contributed by atoms with E-state index >= 15 is 0 Å². The lowest BCUT2D eigenvalue weighted by Crippen LogP contribution is -2.13. The number of halogens is 1. The fourth-order valence-corrected chi connectivity index (χ4v) is 2.25. The van der Waals surface area contributed by atoms with E-state index in [0.717, 1.165) is 25.8 Å².